The van der Waals surface area contributed by atoms with Crippen molar-refractivity contribution in [3.8, 4) is 0 Å². The van der Waals surface area contributed by atoms with Gasteiger partial charge in [-0.3, -0.25) is 4.68 Å². The minimum atomic E-state index is 0.527. The number of benzene rings is 1. The van der Waals surface area contributed by atoms with Crippen molar-refractivity contribution in [1.82, 2.24) is 15.1 Å². The van der Waals surface area contributed by atoms with Crippen molar-refractivity contribution in [3.63, 3.8) is 0 Å². The first-order valence-electron chi connectivity index (χ1n) is 7.41. The molecule has 0 saturated heterocycles. The highest BCUT2D eigenvalue weighted by atomic mass is 15.2. The maximum Gasteiger partial charge on any atom is 0.0521 e. The Morgan fingerprint density at radius 3 is 2.55 bits per heavy atom. The van der Waals surface area contributed by atoms with Crippen LogP contribution in [0.2, 0.25) is 0 Å². The summed E-state index contributed by atoms with van der Waals surface area (Å²) in [5.41, 5.74) is 2.74. The van der Waals surface area contributed by atoms with Gasteiger partial charge in [-0.25, -0.2) is 0 Å². The quantitative estimate of drug-likeness (QED) is 0.838. The molecule has 0 saturated carbocycles. The number of hydrogen-bond acceptors (Lipinski definition) is 2. The molecule has 1 N–H and O–H groups in total. The lowest BCUT2D eigenvalue weighted by molar-refractivity contribution is 0.508. The molecule has 0 aliphatic heterocycles. The highest BCUT2D eigenvalue weighted by Crippen LogP contribution is 2.21. The second kappa shape index (κ2) is 7.25. The van der Waals surface area contributed by atoms with Crippen molar-refractivity contribution in [1.29, 1.82) is 0 Å². The standard InChI is InChI=1S/C17H25N3/c1-14(2)18-12-17(16-7-5-4-6-8-16)10-9-15-11-19-20(3)13-15/h4-8,11,13-14,17-18H,9-10,12H2,1-3H3. The molecule has 3 heteroatoms. The smallest absolute Gasteiger partial charge is 0.0521 e. The minimum absolute atomic E-state index is 0.527. The fraction of sp³-hybridized carbons (Fsp3) is 0.471. The molecule has 20 heavy (non-hydrogen) atoms. The predicted octanol–water partition coefficient (Wildman–Crippen LogP) is 3.13. The van der Waals surface area contributed by atoms with Crippen LogP contribution in [0.4, 0.5) is 0 Å². The van der Waals surface area contributed by atoms with E-state index in [1.807, 2.05) is 17.9 Å². The molecule has 0 fully saturated rings. The van der Waals surface area contributed by atoms with Crippen LogP contribution >= 0.6 is 0 Å². The summed E-state index contributed by atoms with van der Waals surface area (Å²) < 4.78 is 1.87. The summed E-state index contributed by atoms with van der Waals surface area (Å²) >= 11 is 0. The number of rotatable bonds is 7. The molecule has 3 nitrogen and oxygen atoms in total. The molecule has 0 radical (unpaired) electrons. The van der Waals surface area contributed by atoms with E-state index < -0.39 is 0 Å². The summed E-state index contributed by atoms with van der Waals surface area (Å²) in [6.45, 7) is 5.42. The number of aromatic nitrogens is 2. The molecular weight excluding hydrogens is 246 g/mol. The molecular formula is C17H25N3. The van der Waals surface area contributed by atoms with E-state index in [0.717, 1.165) is 19.4 Å². The maximum atomic E-state index is 4.24. The molecule has 1 unspecified atom stereocenters. The first-order chi connectivity index (χ1) is 9.65. The first-order valence-corrected chi connectivity index (χ1v) is 7.41. The number of hydrogen-bond donors (Lipinski definition) is 1. The summed E-state index contributed by atoms with van der Waals surface area (Å²) in [7, 11) is 1.97. The van der Waals surface area contributed by atoms with E-state index in [1.54, 1.807) is 0 Å². The van der Waals surface area contributed by atoms with Gasteiger partial charge in [0.2, 0.25) is 0 Å². The first kappa shape index (κ1) is 14.8. The van der Waals surface area contributed by atoms with Crippen LogP contribution in [0.1, 0.15) is 37.3 Å². The van der Waals surface area contributed by atoms with Crippen LogP contribution in [0.3, 0.4) is 0 Å². The van der Waals surface area contributed by atoms with Gasteiger partial charge in [-0.15, -0.1) is 0 Å². The molecule has 1 aromatic carbocycles. The zero-order chi connectivity index (χ0) is 14.4. The molecule has 0 aliphatic rings. The van der Waals surface area contributed by atoms with Crippen LogP contribution in [0.25, 0.3) is 0 Å². The normalized spacial score (nSPS) is 12.8. The van der Waals surface area contributed by atoms with Crippen LogP contribution in [0.5, 0.6) is 0 Å². The Morgan fingerprint density at radius 2 is 1.95 bits per heavy atom. The number of aryl methyl sites for hydroxylation is 2. The number of nitrogens with zero attached hydrogens (tertiary/aromatic N) is 2. The molecule has 108 valence electrons. The largest absolute Gasteiger partial charge is 0.314 e. The Labute approximate surface area is 122 Å². The van der Waals surface area contributed by atoms with Crippen molar-refractivity contribution in [3.05, 3.63) is 53.9 Å². The van der Waals surface area contributed by atoms with Gasteiger partial charge < -0.3 is 5.32 Å². The number of nitrogens with one attached hydrogen (secondary N) is 1. The summed E-state index contributed by atoms with van der Waals surface area (Å²) in [5, 5.41) is 7.81. The molecule has 0 spiro atoms. The lowest BCUT2D eigenvalue weighted by atomic mass is 9.92. The molecule has 1 heterocycles. The van der Waals surface area contributed by atoms with Gasteiger partial charge in [0.15, 0.2) is 0 Å². The second-order valence-corrected chi connectivity index (χ2v) is 5.73. The fourth-order valence-electron chi connectivity index (χ4n) is 2.43. The monoisotopic (exact) mass is 271 g/mol. The Balaban J connectivity index is 1.98. The topological polar surface area (TPSA) is 29.9 Å². The zero-order valence-corrected chi connectivity index (χ0v) is 12.7. The van der Waals surface area contributed by atoms with Crippen LogP contribution < -0.4 is 5.32 Å². The van der Waals surface area contributed by atoms with E-state index in [9.17, 15) is 0 Å². The maximum absolute atomic E-state index is 4.24. The summed E-state index contributed by atoms with van der Waals surface area (Å²) in [5.74, 6) is 0.554. The van der Waals surface area contributed by atoms with Crippen LogP contribution in [-0.2, 0) is 13.5 Å². The van der Waals surface area contributed by atoms with Gasteiger partial charge in [0.25, 0.3) is 0 Å². The summed E-state index contributed by atoms with van der Waals surface area (Å²) in [6.07, 6.45) is 6.30. The SMILES string of the molecule is CC(C)NCC(CCc1cnn(C)c1)c1ccccc1. The van der Waals surface area contributed by atoms with Crippen LogP contribution in [0, 0.1) is 0 Å². The Kier molecular flexibility index (Phi) is 5.36. The summed E-state index contributed by atoms with van der Waals surface area (Å²) in [4.78, 5) is 0. The molecule has 2 rings (SSSR count). The van der Waals surface area contributed by atoms with Gasteiger partial charge in [0.05, 0.1) is 6.20 Å². The lowest BCUT2D eigenvalue weighted by Crippen LogP contribution is -2.28. The van der Waals surface area contributed by atoms with Crippen molar-refractivity contribution in [2.45, 2.75) is 38.6 Å². The van der Waals surface area contributed by atoms with Gasteiger partial charge in [-0.2, -0.15) is 5.10 Å². The van der Waals surface area contributed by atoms with Crippen LogP contribution in [-0.4, -0.2) is 22.4 Å². The molecule has 1 atom stereocenters. The van der Waals surface area contributed by atoms with E-state index in [4.69, 9.17) is 0 Å². The van der Waals surface area contributed by atoms with Crippen molar-refractivity contribution in [2.75, 3.05) is 6.54 Å². The van der Waals surface area contributed by atoms with Crippen LogP contribution in [0.15, 0.2) is 42.7 Å². The van der Waals surface area contributed by atoms with Gasteiger partial charge in [-0.1, -0.05) is 44.2 Å². The molecule has 0 aliphatic carbocycles. The van der Waals surface area contributed by atoms with Crippen molar-refractivity contribution < 1.29 is 0 Å². The highest BCUT2D eigenvalue weighted by Gasteiger charge is 2.12. The van der Waals surface area contributed by atoms with E-state index in [-0.39, 0.29) is 0 Å². The van der Waals surface area contributed by atoms with E-state index >= 15 is 0 Å². The second-order valence-electron chi connectivity index (χ2n) is 5.73. The molecule has 2 aromatic rings. The van der Waals surface area contributed by atoms with Gasteiger partial charge in [-0.05, 0) is 29.9 Å². The Morgan fingerprint density at radius 1 is 1.20 bits per heavy atom. The highest BCUT2D eigenvalue weighted by molar-refractivity contribution is 5.20. The third kappa shape index (κ3) is 4.49. The minimum Gasteiger partial charge on any atom is -0.314 e. The third-order valence-corrected chi connectivity index (χ3v) is 3.58. The predicted molar refractivity (Wildman–Crippen MR) is 83.9 cm³/mol. The lowest BCUT2D eigenvalue weighted by Gasteiger charge is -2.19. The average Bonchev–Trinajstić information content (AvgIpc) is 2.85. The van der Waals surface area contributed by atoms with Gasteiger partial charge >= 0.3 is 0 Å². The fourth-order valence-corrected chi connectivity index (χ4v) is 2.43. The van der Waals surface area contributed by atoms with E-state index in [1.165, 1.54) is 11.1 Å². The van der Waals surface area contributed by atoms with E-state index in [0.29, 0.717) is 12.0 Å². The van der Waals surface area contributed by atoms with E-state index in [2.05, 4.69) is 60.8 Å². The summed E-state index contributed by atoms with van der Waals surface area (Å²) in [6, 6.07) is 11.3. The van der Waals surface area contributed by atoms with Gasteiger partial charge in [0, 0.05) is 25.8 Å². The van der Waals surface area contributed by atoms with Crippen molar-refractivity contribution >= 4 is 0 Å². The average molecular weight is 271 g/mol. The molecule has 1 aromatic heterocycles. The molecule has 0 amide bonds. The third-order valence-electron chi connectivity index (χ3n) is 3.58. The zero-order valence-electron chi connectivity index (χ0n) is 12.7. The molecule has 0 bridgehead atoms. The Bertz CT molecular complexity index is 502. The van der Waals surface area contributed by atoms with Gasteiger partial charge in [0.1, 0.15) is 0 Å². The Hall–Kier alpha value is -1.61. The van der Waals surface area contributed by atoms with Crippen molar-refractivity contribution in [2.24, 2.45) is 7.05 Å².